The van der Waals surface area contributed by atoms with E-state index < -0.39 is 15.6 Å². The van der Waals surface area contributed by atoms with E-state index in [1.165, 1.54) is 12.1 Å². The highest BCUT2D eigenvalue weighted by Gasteiger charge is 2.28. The highest BCUT2D eigenvalue weighted by Crippen LogP contribution is 2.26. The smallest absolute Gasteiger partial charge is 0.264 e. The maximum Gasteiger partial charge on any atom is 0.264 e. The van der Waals surface area contributed by atoms with E-state index in [1.54, 1.807) is 42.5 Å². The fourth-order valence-electron chi connectivity index (χ4n) is 2.25. The summed E-state index contributed by atoms with van der Waals surface area (Å²) in [6, 6.07) is 14.9. The van der Waals surface area contributed by atoms with Crippen molar-refractivity contribution >= 4 is 37.5 Å². The summed E-state index contributed by atoms with van der Waals surface area (Å²) in [5.74, 6) is -0.369. The second-order valence-electron chi connectivity index (χ2n) is 6.60. The van der Waals surface area contributed by atoms with Gasteiger partial charge in [-0.1, -0.05) is 40.2 Å². The summed E-state index contributed by atoms with van der Waals surface area (Å²) in [6.07, 6.45) is 0. The van der Waals surface area contributed by atoms with E-state index in [1.807, 2.05) is 20.8 Å². The molecule has 0 saturated heterocycles. The third-order valence-corrected chi connectivity index (χ3v) is 5.51. The minimum absolute atomic E-state index is 0.138. The first-order chi connectivity index (χ1) is 11.6. The molecule has 2 aromatic carbocycles. The molecule has 0 atom stereocenters. The Labute approximate surface area is 157 Å². The van der Waals surface area contributed by atoms with Crippen molar-refractivity contribution in [2.45, 2.75) is 31.2 Å². The Kier molecular flexibility index (Phi) is 5.90. The number of hydrogen-bond acceptors (Lipinski definition) is 3. The summed E-state index contributed by atoms with van der Waals surface area (Å²) in [5.41, 5.74) is -0.0291. The molecule has 0 unspecified atom stereocenters. The van der Waals surface area contributed by atoms with Gasteiger partial charge in [-0.15, -0.1) is 0 Å². The Morgan fingerprint density at radius 2 is 1.72 bits per heavy atom. The van der Waals surface area contributed by atoms with Gasteiger partial charge in [0, 0.05) is 10.0 Å². The van der Waals surface area contributed by atoms with E-state index in [2.05, 4.69) is 21.2 Å². The molecule has 0 radical (unpaired) electrons. The molecule has 0 aromatic heterocycles. The van der Waals surface area contributed by atoms with Crippen LogP contribution in [-0.4, -0.2) is 26.4 Å². The van der Waals surface area contributed by atoms with Gasteiger partial charge in [0.1, 0.15) is 6.54 Å². The lowest BCUT2D eigenvalue weighted by Crippen LogP contribution is -2.47. The van der Waals surface area contributed by atoms with Crippen LogP contribution in [0.15, 0.2) is 64.0 Å². The van der Waals surface area contributed by atoms with E-state index in [0.717, 1.165) is 8.78 Å². The van der Waals surface area contributed by atoms with Gasteiger partial charge < -0.3 is 5.32 Å². The molecule has 0 fully saturated rings. The molecular formula is C18H21BrN2O3S. The monoisotopic (exact) mass is 424 g/mol. The third-order valence-electron chi connectivity index (χ3n) is 3.23. The van der Waals surface area contributed by atoms with E-state index in [4.69, 9.17) is 0 Å². The van der Waals surface area contributed by atoms with Crippen molar-refractivity contribution in [2.24, 2.45) is 0 Å². The zero-order valence-corrected chi connectivity index (χ0v) is 16.8. The van der Waals surface area contributed by atoms with Crippen LogP contribution < -0.4 is 9.62 Å². The standard InChI is InChI=1S/C18H21BrN2O3S/c1-18(2,3)20-17(22)13-21(15-9-7-8-14(19)12-15)25(23,24)16-10-5-4-6-11-16/h4-12H,13H2,1-3H3,(H,20,22). The van der Waals surface area contributed by atoms with Gasteiger partial charge in [-0.3, -0.25) is 9.10 Å². The lowest BCUT2D eigenvalue weighted by atomic mass is 10.1. The number of benzene rings is 2. The fourth-order valence-corrected chi connectivity index (χ4v) is 4.08. The van der Waals surface area contributed by atoms with E-state index in [-0.39, 0.29) is 17.3 Å². The summed E-state index contributed by atoms with van der Waals surface area (Å²) in [6.45, 7) is 5.24. The number of nitrogens with one attached hydrogen (secondary N) is 1. The average Bonchev–Trinajstić information content (AvgIpc) is 2.51. The Hall–Kier alpha value is -1.86. The number of sulfonamides is 1. The van der Waals surface area contributed by atoms with Crippen LogP contribution in [0, 0.1) is 0 Å². The summed E-state index contributed by atoms with van der Waals surface area (Å²) in [4.78, 5) is 12.5. The number of hydrogen-bond donors (Lipinski definition) is 1. The van der Waals surface area contributed by atoms with Crippen LogP contribution in [0.2, 0.25) is 0 Å². The Morgan fingerprint density at radius 1 is 1.08 bits per heavy atom. The van der Waals surface area contributed by atoms with E-state index in [9.17, 15) is 13.2 Å². The summed E-state index contributed by atoms with van der Waals surface area (Å²) in [5, 5.41) is 2.80. The number of nitrogens with zero attached hydrogens (tertiary/aromatic N) is 1. The Balaban J connectivity index is 2.44. The third kappa shape index (κ3) is 5.31. The van der Waals surface area contributed by atoms with Crippen molar-refractivity contribution in [3.05, 3.63) is 59.1 Å². The quantitative estimate of drug-likeness (QED) is 0.797. The first kappa shape index (κ1) is 19.5. The topological polar surface area (TPSA) is 66.5 Å². The molecule has 2 rings (SSSR count). The van der Waals surface area contributed by atoms with Gasteiger partial charge in [0.2, 0.25) is 5.91 Å². The molecule has 0 aliphatic carbocycles. The molecular weight excluding hydrogens is 404 g/mol. The Morgan fingerprint density at radius 3 is 2.28 bits per heavy atom. The van der Waals surface area contributed by atoms with Gasteiger partial charge in [0.05, 0.1) is 10.6 Å². The van der Waals surface area contributed by atoms with Crippen LogP contribution >= 0.6 is 15.9 Å². The second kappa shape index (κ2) is 7.58. The second-order valence-corrected chi connectivity index (χ2v) is 9.38. The summed E-state index contributed by atoms with van der Waals surface area (Å²) in [7, 11) is -3.87. The Bertz CT molecular complexity index is 846. The fraction of sp³-hybridized carbons (Fsp3) is 0.278. The van der Waals surface area contributed by atoms with Gasteiger partial charge in [0.25, 0.3) is 10.0 Å². The minimum atomic E-state index is -3.87. The van der Waals surface area contributed by atoms with Gasteiger partial charge in [-0.05, 0) is 51.1 Å². The zero-order valence-electron chi connectivity index (χ0n) is 14.4. The lowest BCUT2D eigenvalue weighted by Gasteiger charge is -2.27. The van der Waals surface area contributed by atoms with E-state index >= 15 is 0 Å². The predicted molar refractivity (Wildman–Crippen MR) is 103 cm³/mol. The van der Waals surface area contributed by atoms with Crippen molar-refractivity contribution in [3.8, 4) is 0 Å². The largest absolute Gasteiger partial charge is 0.350 e. The number of anilines is 1. The van der Waals surface area contributed by atoms with Crippen LogP contribution in [0.4, 0.5) is 5.69 Å². The summed E-state index contributed by atoms with van der Waals surface area (Å²) >= 11 is 3.35. The molecule has 1 N–H and O–H groups in total. The lowest BCUT2D eigenvalue weighted by molar-refractivity contribution is -0.121. The molecule has 25 heavy (non-hydrogen) atoms. The van der Waals surface area contributed by atoms with Crippen LogP contribution in [0.1, 0.15) is 20.8 Å². The SMILES string of the molecule is CC(C)(C)NC(=O)CN(c1cccc(Br)c1)S(=O)(=O)c1ccccc1. The molecule has 134 valence electrons. The molecule has 7 heteroatoms. The highest BCUT2D eigenvalue weighted by atomic mass is 79.9. The average molecular weight is 425 g/mol. The first-order valence-corrected chi connectivity index (χ1v) is 9.97. The molecule has 0 spiro atoms. The summed E-state index contributed by atoms with van der Waals surface area (Å²) < 4.78 is 28.0. The molecule has 0 saturated carbocycles. The van der Waals surface area contributed by atoms with Crippen molar-refractivity contribution in [3.63, 3.8) is 0 Å². The van der Waals surface area contributed by atoms with Crippen LogP contribution in [0.25, 0.3) is 0 Å². The van der Waals surface area contributed by atoms with Gasteiger partial charge in [-0.25, -0.2) is 8.42 Å². The number of carbonyl (C=O) groups is 1. The predicted octanol–water partition coefficient (Wildman–Crippen LogP) is 3.56. The highest BCUT2D eigenvalue weighted by molar-refractivity contribution is 9.10. The van der Waals surface area contributed by atoms with Crippen molar-refractivity contribution < 1.29 is 13.2 Å². The van der Waals surface area contributed by atoms with Gasteiger partial charge >= 0.3 is 0 Å². The maximum atomic E-state index is 13.1. The minimum Gasteiger partial charge on any atom is -0.350 e. The molecule has 0 heterocycles. The van der Waals surface area contributed by atoms with Crippen molar-refractivity contribution in [1.82, 2.24) is 5.32 Å². The van der Waals surface area contributed by atoms with Gasteiger partial charge in [-0.2, -0.15) is 0 Å². The number of amides is 1. The number of rotatable bonds is 5. The van der Waals surface area contributed by atoms with Crippen molar-refractivity contribution in [2.75, 3.05) is 10.8 Å². The van der Waals surface area contributed by atoms with E-state index in [0.29, 0.717) is 5.69 Å². The number of carbonyl (C=O) groups excluding carboxylic acids is 1. The zero-order chi connectivity index (χ0) is 18.7. The number of halogens is 1. The molecule has 2 aromatic rings. The van der Waals surface area contributed by atoms with Gasteiger partial charge in [0.15, 0.2) is 0 Å². The van der Waals surface area contributed by atoms with Crippen LogP contribution in [0.3, 0.4) is 0 Å². The van der Waals surface area contributed by atoms with Crippen molar-refractivity contribution in [1.29, 1.82) is 0 Å². The first-order valence-electron chi connectivity index (χ1n) is 7.74. The normalized spacial score (nSPS) is 11.8. The molecule has 1 amide bonds. The molecule has 0 aliphatic rings. The molecule has 0 bridgehead atoms. The maximum absolute atomic E-state index is 13.1. The van der Waals surface area contributed by atoms with Crippen LogP contribution in [-0.2, 0) is 14.8 Å². The molecule has 0 aliphatic heterocycles. The van der Waals surface area contributed by atoms with Crippen LogP contribution in [0.5, 0.6) is 0 Å². The molecule has 5 nitrogen and oxygen atoms in total.